The molecular formula is C34H29F6NO4. The van der Waals surface area contributed by atoms with Gasteiger partial charge in [0, 0.05) is 17.6 Å². The molecule has 0 amide bonds. The minimum Gasteiger partial charge on any atom is -0.406 e. The molecule has 1 N–H and O–H groups in total. The number of aliphatic hydroxyl groups is 1. The fourth-order valence-corrected chi connectivity index (χ4v) is 5.91. The minimum absolute atomic E-state index is 0.0696. The van der Waals surface area contributed by atoms with Crippen LogP contribution in [-0.2, 0) is 21.4 Å². The number of para-hydroxylation sites is 1. The Labute approximate surface area is 255 Å². The number of alkyl halides is 6. The highest BCUT2D eigenvalue weighted by atomic mass is 19.4. The van der Waals surface area contributed by atoms with Crippen LogP contribution in [0.3, 0.4) is 0 Å². The molecule has 4 aromatic carbocycles. The Bertz CT molecular complexity index is 1680. The van der Waals surface area contributed by atoms with Crippen LogP contribution in [0.5, 0.6) is 5.75 Å². The second-order valence-corrected chi connectivity index (χ2v) is 10.8. The SMILES string of the molecule is Cc1ccccc1-c1cc(C2(Cc3cccc(OC(F)(F)F)c3)CN(C[C@@H](O)C(F)(F)F)c3ccccc32)ccc1C.O=C=O. The van der Waals surface area contributed by atoms with Crippen LogP contribution < -0.4 is 9.64 Å². The molecule has 0 fully saturated rings. The average Bonchev–Trinajstić information content (AvgIpc) is 3.26. The molecule has 0 bridgehead atoms. The molecule has 236 valence electrons. The van der Waals surface area contributed by atoms with E-state index in [0.29, 0.717) is 11.3 Å². The Hall–Kier alpha value is -4.60. The van der Waals surface area contributed by atoms with Gasteiger partial charge in [-0.3, -0.25) is 0 Å². The maximum Gasteiger partial charge on any atom is 0.573 e. The molecule has 5 nitrogen and oxygen atoms in total. The molecule has 5 rings (SSSR count). The Morgan fingerprint density at radius 2 is 1.49 bits per heavy atom. The van der Waals surface area contributed by atoms with Crippen molar-refractivity contribution >= 4 is 11.8 Å². The molecule has 1 aliphatic rings. The van der Waals surface area contributed by atoms with Crippen molar-refractivity contribution in [1.82, 2.24) is 0 Å². The van der Waals surface area contributed by atoms with Crippen LogP contribution in [-0.4, -0.2) is 43.0 Å². The number of aliphatic hydroxyl groups excluding tert-OH is 1. The van der Waals surface area contributed by atoms with Crippen LogP contribution in [0.2, 0.25) is 0 Å². The number of rotatable bonds is 7. The third-order valence-corrected chi connectivity index (χ3v) is 7.86. The summed E-state index contributed by atoms with van der Waals surface area (Å²) in [5, 5.41) is 10.0. The van der Waals surface area contributed by atoms with E-state index >= 15 is 0 Å². The highest BCUT2D eigenvalue weighted by Gasteiger charge is 2.47. The summed E-state index contributed by atoms with van der Waals surface area (Å²) in [6.07, 6.45) is -11.8. The average molecular weight is 630 g/mol. The molecular weight excluding hydrogens is 600 g/mol. The van der Waals surface area contributed by atoms with Gasteiger partial charge in [-0.25, -0.2) is 0 Å². The van der Waals surface area contributed by atoms with E-state index in [4.69, 9.17) is 9.59 Å². The van der Waals surface area contributed by atoms with Crippen molar-refractivity contribution in [2.24, 2.45) is 0 Å². The van der Waals surface area contributed by atoms with E-state index in [9.17, 15) is 31.4 Å². The second kappa shape index (κ2) is 13.2. The van der Waals surface area contributed by atoms with E-state index in [0.717, 1.165) is 33.4 Å². The van der Waals surface area contributed by atoms with Gasteiger partial charge in [0.05, 0.1) is 6.54 Å². The fourth-order valence-electron chi connectivity index (χ4n) is 5.91. The van der Waals surface area contributed by atoms with Crippen molar-refractivity contribution in [2.75, 3.05) is 18.0 Å². The first-order valence-corrected chi connectivity index (χ1v) is 13.8. The molecule has 45 heavy (non-hydrogen) atoms. The van der Waals surface area contributed by atoms with Gasteiger partial charge in [0.2, 0.25) is 0 Å². The molecule has 0 spiro atoms. The van der Waals surface area contributed by atoms with Crippen LogP contribution in [0.15, 0.2) is 91.0 Å². The molecule has 1 unspecified atom stereocenters. The molecule has 2 atom stereocenters. The number of ether oxygens (including phenoxy) is 1. The third-order valence-electron chi connectivity index (χ3n) is 7.86. The number of halogens is 6. The first-order valence-electron chi connectivity index (χ1n) is 13.8. The van der Waals surface area contributed by atoms with Gasteiger partial charge in [-0.05, 0) is 83.5 Å². The van der Waals surface area contributed by atoms with E-state index in [1.807, 2.05) is 62.4 Å². The van der Waals surface area contributed by atoms with Gasteiger partial charge >= 0.3 is 18.7 Å². The summed E-state index contributed by atoms with van der Waals surface area (Å²) in [5.41, 5.74) is 5.61. The predicted octanol–water partition coefficient (Wildman–Crippen LogP) is 7.56. The van der Waals surface area contributed by atoms with E-state index in [1.54, 1.807) is 24.3 Å². The molecule has 1 heterocycles. The molecule has 4 aromatic rings. The molecule has 1 aliphatic heterocycles. The van der Waals surface area contributed by atoms with Crippen molar-refractivity contribution in [3.8, 4) is 16.9 Å². The summed E-state index contributed by atoms with van der Waals surface area (Å²) in [4.78, 5) is 17.8. The highest BCUT2D eigenvalue weighted by Crippen LogP contribution is 2.49. The molecule has 0 aliphatic carbocycles. The Kier molecular flexibility index (Phi) is 9.75. The molecule has 0 saturated heterocycles. The Balaban J connectivity index is 0.00000148. The minimum atomic E-state index is -4.87. The standard InChI is InChI=1S/C33H29F6NO2.CO2/c1-21-8-3-4-11-26(21)27-17-24(15-14-22(27)2)31(18-23-9-7-10-25(16-23)42-33(37,38)39)20-40(19-30(41)32(34,35)36)29-13-6-5-12-28(29)31;2-1-3/h3-17,30,41H,18-20H2,1-2H3;/t30-,31?;/m1./s1. The van der Waals surface area contributed by atoms with Gasteiger partial charge < -0.3 is 14.7 Å². The first-order chi connectivity index (χ1) is 21.2. The number of benzene rings is 4. The Morgan fingerprint density at radius 3 is 2.16 bits per heavy atom. The van der Waals surface area contributed by atoms with Gasteiger partial charge in [0.1, 0.15) is 5.75 Å². The quantitative estimate of drug-likeness (QED) is 0.214. The highest BCUT2D eigenvalue weighted by molar-refractivity contribution is 5.74. The normalized spacial score (nSPS) is 16.7. The number of hydrogen-bond acceptors (Lipinski definition) is 5. The maximum absolute atomic E-state index is 13.5. The van der Waals surface area contributed by atoms with Crippen LogP contribution >= 0.6 is 0 Å². The van der Waals surface area contributed by atoms with Crippen molar-refractivity contribution in [1.29, 1.82) is 0 Å². The first kappa shape index (κ1) is 33.3. The van der Waals surface area contributed by atoms with Crippen molar-refractivity contribution in [3.63, 3.8) is 0 Å². The van der Waals surface area contributed by atoms with Gasteiger partial charge in [-0.15, -0.1) is 13.2 Å². The van der Waals surface area contributed by atoms with Crippen LogP contribution in [0.25, 0.3) is 11.1 Å². The van der Waals surface area contributed by atoms with Crippen molar-refractivity contribution in [2.45, 2.75) is 44.3 Å². The number of β-amino-alcohol motifs (C(OH)–C–C–N with tert-alkyl or cyclic N) is 1. The number of nitrogens with zero attached hydrogens (tertiary/aromatic N) is 1. The summed E-state index contributed by atoms with van der Waals surface area (Å²) in [7, 11) is 0. The Morgan fingerprint density at radius 1 is 0.844 bits per heavy atom. The largest absolute Gasteiger partial charge is 0.573 e. The predicted molar refractivity (Wildman–Crippen MR) is 155 cm³/mol. The lowest BCUT2D eigenvalue weighted by Gasteiger charge is -2.33. The zero-order valence-corrected chi connectivity index (χ0v) is 24.2. The number of fused-ring (bicyclic) bond motifs is 1. The molecule has 0 radical (unpaired) electrons. The fraction of sp³-hybridized carbons (Fsp3) is 0.265. The van der Waals surface area contributed by atoms with Gasteiger partial charge in [-0.2, -0.15) is 22.8 Å². The van der Waals surface area contributed by atoms with Crippen molar-refractivity contribution < 1.29 is 45.8 Å². The summed E-state index contributed by atoms with van der Waals surface area (Å²) in [5.74, 6) is -0.379. The zero-order valence-electron chi connectivity index (χ0n) is 24.2. The van der Waals surface area contributed by atoms with E-state index in [1.165, 1.54) is 23.1 Å². The third kappa shape index (κ3) is 7.56. The van der Waals surface area contributed by atoms with Gasteiger partial charge in [0.25, 0.3) is 0 Å². The maximum atomic E-state index is 13.5. The number of hydrogen-bond donors (Lipinski definition) is 1. The monoisotopic (exact) mass is 629 g/mol. The molecule has 0 saturated carbocycles. The second-order valence-electron chi connectivity index (χ2n) is 10.8. The zero-order chi connectivity index (χ0) is 33.0. The van der Waals surface area contributed by atoms with Gasteiger partial charge in [-0.1, -0.05) is 66.7 Å². The van der Waals surface area contributed by atoms with E-state index in [-0.39, 0.29) is 24.9 Å². The van der Waals surface area contributed by atoms with Crippen LogP contribution in [0.4, 0.5) is 32.0 Å². The molecule has 11 heteroatoms. The van der Waals surface area contributed by atoms with E-state index in [2.05, 4.69) is 4.74 Å². The topological polar surface area (TPSA) is 66.8 Å². The summed E-state index contributed by atoms with van der Waals surface area (Å²) >= 11 is 0. The summed E-state index contributed by atoms with van der Waals surface area (Å²) in [6.45, 7) is 3.36. The number of anilines is 1. The lowest BCUT2D eigenvalue weighted by Crippen LogP contribution is -2.44. The number of aryl methyl sites for hydroxylation is 2. The summed E-state index contributed by atoms with van der Waals surface area (Å²) < 4.78 is 83.6. The molecule has 0 aromatic heterocycles. The summed E-state index contributed by atoms with van der Waals surface area (Å²) in [6, 6.07) is 26.5. The van der Waals surface area contributed by atoms with Crippen LogP contribution in [0.1, 0.15) is 27.8 Å². The van der Waals surface area contributed by atoms with Crippen LogP contribution in [0, 0.1) is 13.8 Å². The lowest BCUT2D eigenvalue weighted by atomic mass is 9.71. The smallest absolute Gasteiger partial charge is 0.406 e. The van der Waals surface area contributed by atoms with Crippen molar-refractivity contribution in [3.05, 3.63) is 119 Å². The van der Waals surface area contributed by atoms with E-state index < -0.39 is 30.6 Å². The number of carbonyl (C=O) groups excluding carboxylic acids is 2. The van der Waals surface area contributed by atoms with Gasteiger partial charge in [0.15, 0.2) is 6.10 Å². The lowest BCUT2D eigenvalue weighted by molar-refractivity contribution is -0.274.